The zero-order valence-corrected chi connectivity index (χ0v) is 38.8. The van der Waals surface area contributed by atoms with Crippen LogP contribution in [0.1, 0.15) is 134 Å². The van der Waals surface area contributed by atoms with Crippen LogP contribution < -0.4 is 21.2 Å². The number of nitrogen functional groups attached to an aromatic ring is 1. The molecular weight excluding hydrogens is 865 g/mol. The van der Waals surface area contributed by atoms with Gasteiger partial charge >= 0.3 is 5.97 Å². The van der Waals surface area contributed by atoms with Gasteiger partial charge in [0.1, 0.15) is 63.9 Å². The highest BCUT2D eigenvalue weighted by molar-refractivity contribution is 5.93. The van der Waals surface area contributed by atoms with Crippen LogP contribution in [-0.4, -0.2) is 71.9 Å². The van der Waals surface area contributed by atoms with E-state index in [9.17, 15) is 30.3 Å². The number of carbonyl (C=O) groups is 1. The lowest BCUT2D eigenvalue weighted by Crippen LogP contribution is -2.59. The van der Waals surface area contributed by atoms with Crippen LogP contribution in [0, 0.1) is 17.8 Å². The predicted octanol–water partition coefficient (Wildman–Crippen LogP) is 7.12. The number of phenols is 2. The molecule has 68 heavy (non-hydrogen) atoms. The summed E-state index contributed by atoms with van der Waals surface area (Å²) in [6, 6.07) is 10.4. The highest BCUT2D eigenvalue weighted by Crippen LogP contribution is 2.60. The predicted molar refractivity (Wildman–Crippen MR) is 254 cm³/mol. The second-order valence-electron chi connectivity index (χ2n) is 20.5. The Balaban J connectivity index is 1.24. The number of aromatic hydroxyl groups is 2. The first-order chi connectivity index (χ1) is 32.8. The number of hydrogen-bond donors (Lipinski definition) is 7. The van der Waals surface area contributed by atoms with E-state index in [0.717, 1.165) is 64.5 Å². The Morgan fingerprint density at radius 2 is 1.79 bits per heavy atom. The molecule has 2 aromatic carbocycles. The Kier molecular flexibility index (Phi) is 10.9. The number of rotatable bonds is 6. The number of phenolic OH excluding ortho intramolecular Hbond substituents is 2. The number of benzene rings is 2. The number of aliphatic hydroxyl groups is 3. The van der Waals surface area contributed by atoms with Crippen molar-refractivity contribution >= 4 is 28.6 Å². The lowest BCUT2D eigenvalue weighted by Gasteiger charge is -2.52. The summed E-state index contributed by atoms with van der Waals surface area (Å²) in [5.41, 5.74) is 10.8. The third-order valence-corrected chi connectivity index (χ3v) is 17.1. The number of nitrogens with one attached hydrogen (secondary N) is 1. The van der Waals surface area contributed by atoms with Crippen molar-refractivity contribution in [2.75, 3.05) is 24.2 Å². The molecule has 0 radical (unpaired) electrons. The van der Waals surface area contributed by atoms with Crippen LogP contribution in [0.4, 0.5) is 11.6 Å². The standard InChI is InChI=1S/C54H60N4O10/c1-4-56-42-19-28-10-13-33-34-14-9-27-8-12-31(61)20-36(27)38(25-60)43(35-15-17-57-51(55)44(34)35)46-49-37(48(63)45-40(62)21-32(24-59)66-50(45)46)22-41(53(3,68-49)39(33)18-29(28)23-58-42)67-52(64)47-26(2)7-11-30-6-5-16-54(30,47)65/h8,12,15,17,19-21,23,30,33-34,38-39,41,43,59-61,63,65H,4-7,9-11,13-14,16,18,22,24-25H2,1-3H3,(H2,55,57)(H,56,58)/t30-,33-,34+,38-,39+,41-,43+,53+,54+/m1/s1. The number of esters is 1. The number of ether oxygens (including phenoxy) is 2. The number of nitrogens with two attached hydrogens (primary N) is 1. The molecule has 2 aliphatic heterocycles. The molecule has 356 valence electrons. The van der Waals surface area contributed by atoms with E-state index >= 15 is 4.79 Å². The van der Waals surface area contributed by atoms with Gasteiger partial charge in [0.05, 0.1) is 17.8 Å². The summed E-state index contributed by atoms with van der Waals surface area (Å²) in [5.74, 6) is -2.46. The second kappa shape index (κ2) is 16.6. The monoisotopic (exact) mass is 924 g/mol. The zero-order chi connectivity index (χ0) is 47.4. The summed E-state index contributed by atoms with van der Waals surface area (Å²) < 4.78 is 21.1. The van der Waals surface area contributed by atoms with Gasteiger partial charge in [-0.15, -0.1) is 0 Å². The molecule has 1 fully saturated rings. The molecule has 0 saturated heterocycles. The molecular formula is C54H60N4O10. The lowest BCUT2D eigenvalue weighted by molar-refractivity contribution is -0.171. The number of aromatic nitrogens is 2. The molecule has 4 bridgehead atoms. The maximum atomic E-state index is 15.2. The van der Waals surface area contributed by atoms with Crippen molar-refractivity contribution in [1.29, 1.82) is 0 Å². The van der Waals surface area contributed by atoms with Crippen LogP contribution in [0.5, 0.6) is 17.2 Å². The molecule has 14 heteroatoms. The molecule has 14 nitrogen and oxygen atoms in total. The van der Waals surface area contributed by atoms with Crippen LogP contribution in [0.25, 0.3) is 11.0 Å². The van der Waals surface area contributed by atoms with Gasteiger partial charge in [-0.2, -0.15) is 0 Å². The van der Waals surface area contributed by atoms with E-state index in [4.69, 9.17) is 29.6 Å². The van der Waals surface area contributed by atoms with E-state index in [2.05, 4.69) is 11.4 Å². The maximum Gasteiger partial charge on any atom is 0.337 e. The molecule has 8 N–H and O–H groups in total. The van der Waals surface area contributed by atoms with E-state index in [1.807, 2.05) is 39.1 Å². The van der Waals surface area contributed by atoms with E-state index in [-0.39, 0.29) is 58.0 Å². The summed E-state index contributed by atoms with van der Waals surface area (Å²) in [6.45, 7) is 5.57. The van der Waals surface area contributed by atoms with Gasteiger partial charge < -0.3 is 50.5 Å². The SMILES string of the molecule is CCNc1cc2c(cn1)C[C@H]1[C@H](CC2)[C@@H]2CCc3ccc(O)cc3[C@@H](CO)[C@H](c3ccnc(N)c32)c2c3c(c(O)c4c(=O)cc(CO)oc24)C[C@@H](OC(=O)C2=C(C)CC[C@H]4CCC[C@@]24O)[C@@]1(C)O3. The number of pyridine rings is 2. The lowest BCUT2D eigenvalue weighted by atomic mass is 9.62. The molecule has 0 spiro atoms. The highest BCUT2D eigenvalue weighted by atomic mass is 16.6. The molecule has 11 rings (SSSR count). The molecule has 6 aliphatic rings. The Hall–Kier alpha value is -5.96. The van der Waals surface area contributed by atoms with Crippen molar-refractivity contribution in [3.8, 4) is 17.2 Å². The Labute approximate surface area is 394 Å². The molecule has 5 aromatic rings. The van der Waals surface area contributed by atoms with Gasteiger partial charge in [-0.05, 0) is 155 Å². The second-order valence-corrected chi connectivity index (χ2v) is 20.5. The molecule has 3 aromatic heterocycles. The number of nitrogens with zero attached hydrogens (tertiary/aromatic N) is 2. The average Bonchev–Trinajstić information content (AvgIpc) is 3.62. The van der Waals surface area contributed by atoms with Crippen LogP contribution in [0.2, 0.25) is 0 Å². The third-order valence-electron chi connectivity index (χ3n) is 17.1. The first-order valence-corrected chi connectivity index (χ1v) is 24.4. The van der Waals surface area contributed by atoms with Gasteiger partial charge in [0, 0.05) is 65.9 Å². The van der Waals surface area contributed by atoms with E-state index in [1.165, 1.54) is 0 Å². The van der Waals surface area contributed by atoms with Crippen molar-refractivity contribution in [3.05, 3.63) is 120 Å². The topological polar surface area (TPSA) is 231 Å². The van der Waals surface area contributed by atoms with Crippen molar-refractivity contribution in [2.24, 2.45) is 17.8 Å². The minimum atomic E-state index is -1.37. The molecule has 1 saturated carbocycles. The van der Waals surface area contributed by atoms with E-state index < -0.39 is 65.4 Å². The molecule has 5 heterocycles. The van der Waals surface area contributed by atoms with Crippen LogP contribution >= 0.6 is 0 Å². The van der Waals surface area contributed by atoms with Gasteiger partial charge in [0.2, 0.25) is 0 Å². The Morgan fingerprint density at radius 1 is 0.971 bits per heavy atom. The Bertz CT molecular complexity index is 2980. The summed E-state index contributed by atoms with van der Waals surface area (Å²) in [7, 11) is 0. The number of aliphatic hydroxyl groups excluding tert-OH is 2. The fourth-order valence-electron chi connectivity index (χ4n) is 13.9. The van der Waals surface area contributed by atoms with Gasteiger partial charge in [-0.3, -0.25) is 4.79 Å². The summed E-state index contributed by atoms with van der Waals surface area (Å²) in [6.07, 6.45) is 8.90. The van der Waals surface area contributed by atoms with Crippen LogP contribution in [0.3, 0.4) is 0 Å². The third kappa shape index (κ3) is 6.75. The van der Waals surface area contributed by atoms with Crippen molar-refractivity contribution in [1.82, 2.24) is 9.97 Å². The zero-order valence-electron chi connectivity index (χ0n) is 38.8. The van der Waals surface area contributed by atoms with E-state index in [0.29, 0.717) is 74.0 Å². The average molecular weight is 925 g/mol. The number of allylic oxidation sites excluding steroid dienone is 1. The first kappa shape index (κ1) is 44.5. The van der Waals surface area contributed by atoms with Crippen molar-refractivity contribution in [3.63, 3.8) is 0 Å². The van der Waals surface area contributed by atoms with Crippen LogP contribution in [-0.2, 0) is 41.8 Å². The highest BCUT2D eigenvalue weighted by Gasteiger charge is 2.58. The van der Waals surface area contributed by atoms with Crippen molar-refractivity contribution in [2.45, 2.75) is 133 Å². The minimum absolute atomic E-state index is 0.0137. The maximum absolute atomic E-state index is 15.2. The van der Waals surface area contributed by atoms with E-state index in [1.54, 1.807) is 18.3 Å². The largest absolute Gasteiger partial charge is 0.508 e. The number of fused-ring (bicyclic) bond motifs is 10. The number of carbonyl (C=O) groups excluding carboxylic acids is 1. The smallest absolute Gasteiger partial charge is 0.337 e. The van der Waals surface area contributed by atoms with Gasteiger partial charge in [-0.25, -0.2) is 14.8 Å². The number of anilines is 2. The van der Waals surface area contributed by atoms with Gasteiger partial charge in [-0.1, -0.05) is 11.6 Å². The summed E-state index contributed by atoms with van der Waals surface area (Å²) in [4.78, 5) is 39.2. The Morgan fingerprint density at radius 3 is 2.59 bits per heavy atom. The van der Waals surface area contributed by atoms with Gasteiger partial charge in [0.15, 0.2) is 5.43 Å². The van der Waals surface area contributed by atoms with Gasteiger partial charge in [0.25, 0.3) is 0 Å². The van der Waals surface area contributed by atoms with Crippen LogP contribution in [0.15, 0.2) is 69.1 Å². The molecule has 9 atom stereocenters. The molecule has 4 aliphatic carbocycles. The minimum Gasteiger partial charge on any atom is -0.508 e. The van der Waals surface area contributed by atoms with Crippen molar-refractivity contribution < 1.29 is 44.2 Å². The molecule has 0 unspecified atom stereocenters. The number of hydrogen-bond acceptors (Lipinski definition) is 14. The molecule has 0 amide bonds. The normalized spacial score (nSPS) is 29.2. The summed E-state index contributed by atoms with van der Waals surface area (Å²) >= 11 is 0. The fraction of sp³-hybridized carbons (Fsp3) is 0.481. The first-order valence-electron chi connectivity index (χ1n) is 24.4. The number of aryl methyl sites for hydroxylation is 2. The summed E-state index contributed by atoms with van der Waals surface area (Å²) in [5, 5.41) is 61.7. The fourth-order valence-corrected chi connectivity index (χ4v) is 13.9. The quantitative estimate of drug-likeness (QED) is 0.0842.